The first-order valence-corrected chi connectivity index (χ1v) is 9.26. The van der Waals surface area contributed by atoms with Crippen molar-refractivity contribution in [3.8, 4) is 0 Å². The number of esters is 1. The van der Waals surface area contributed by atoms with E-state index in [0.29, 0.717) is 19.6 Å². The van der Waals surface area contributed by atoms with Crippen molar-refractivity contribution in [2.24, 2.45) is 0 Å². The Labute approximate surface area is 154 Å². The first kappa shape index (κ1) is 18.2. The molecule has 1 fully saturated rings. The Morgan fingerprint density at radius 2 is 1.92 bits per heavy atom. The predicted octanol–water partition coefficient (Wildman–Crippen LogP) is 3.22. The zero-order chi connectivity index (χ0) is 18.5. The summed E-state index contributed by atoms with van der Waals surface area (Å²) < 4.78 is 5.15. The van der Waals surface area contributed by atoms with E-state index in [1.165, 1.54) is 5.39 Å². The third-order valence-corrected chi connectivity index (χ3v) is 4.93. The lowest BCUT2D eigenvalue weighted by Gasteiger charge is -2.35. The fraction of sp³-hybridized carbons (Fsp3) is 0.429. The third kappa shape index (κ3) is 3.98. The largest absolute Gasteiger partial charge is 0.464 e. The number of amides is 1. The molecule has 5 heteroatoms. The lowest BCUT2D eigenvalue weighted by atomic mass is 10.0. The Hall–Kier alpha value is -2.56. The second-order valence-corrected chi connectivity index (χ2v) is 6.74. The Bertz CT molecular complexity index is 790. The van der Waals surface area contributed by atoms with E-state index in [1.807, 2.05) is 30.1 Å². The van der Waals surface area contributed by atoms with E-state index in [9.17, 15) is 9.59 Å². The normalized spacial score (nSPS) is 17.2. The quantitative estimate of drug-likeness (QED) is 0.774. The first-order chi connectivity index (χ1) is 12.6. The van der Waals surface area contributed by atoms with E-state index < -0.39 is 6.04 Å². The van der Waals surface area contributed by atoms with Crippen LogP contribution in [0.2, 0.25) is 0 Å². The number of rotatable bonds is 5. The molecule has 0 N–H and O–H groups in total. The molecule has 1 heterocycles. The van der Waals surface area contributed by atoms with Gasteiger partial charge in [-0.3, -0.25) is 4.79 Å². The van der Waals surface area contributed by atoms with Crippen LogP contribution in [0, 0.1) is 0 Å². The summed E-state index contributed by atoms with van der Waals surface area (Å²) in [5.41, 5.74) is 0.988. The van der Waals surface area contributed by atoms with E-state index in [0.717, 1.165) is 23.9 Å². The number of hydrogen-bond acceptors (Lipinski definition) is 4. The molecular formula is C21H26N2O3. The highest BCUT2D eigenvalue weighted by molar-refractivity contribution is 5.89. The second-order valence-electron chi connectivity index (χ2n) is 6.74. The second kappa shape index (κ2) is 8.21. The molecule has 5 nitrogen and oxygen atoms in total. The molecule has 1 amide bonds. The smallest absolute Gasteiger partial charge is 0.328 e. The summed E-state index contributed by atoms with van der Waals surface area (Å²) in [5, 5.41) is 2.32. The lowest BCUT2D eigenvalue weighted by Crippen LogP contribution is -2.51. The van der Waals surface area contributed by atoms with E-state index in [-0.39, 0.29) is 18.4 Å². The van der Waals surface area contributed by atoms with Crippen molar-refractivity contribution in [2.45, 2.75) is 32.2 Å². The number of likely N-dealkylation sites (N-methyl/N-ethyl adjacent to an activating group) is 1. The van der Waals surface area contributed by atoms with Crippen LogP contribution in [0.3, 0.4) is 0 Å². The van der Waals surface area contributed by atoms with Crippen molar-refractivity contribution < 1.29 is 14.3 Å². The molecule has 0 bridgehead atoms. The number of carbonyl (C=O) groups excluding carboxylic acids is 2. The molecule has 26 heavy (non-hydrogen) atoms. The minimum Gasteiger partial charge on any atom is -0.464 e. The summed E-state index contributed by atoms with van der Waals surface area (Å²) in [6.45, 7) is 3.00. The molecule has 2 aromatic rings. The van der Waals surface area contributed by atoms with E-state index in [2.05, 4.69) is 24.3 Å². The molecule has 138 valence electrons. The fourth-order valence-electron chi connectivity index (χ4n) is 3.51. The number of anilines is 1. The summed E-state index contributed by atoms with van der Waals surface area (Å²) in [7, 11) is 1.91. The van der Waals surface area contributed by atoms with Crippen LogP contribution in [0.15, 0.2) is 42.5 Å². The van der Waals surface area contributed by atoms with Crippen LogP contribution in [0.4, 0.5) is 5.69 Å². The third-order valence-electron chi connectivity index (χ3n) is 4.93. The number of nitrogens with zero attached hydrogens (tertiary/aromatic N) is 2. The molecular weight excluding hydrogens is 328 g/mol. The van der Waals surface area contributed by atoms with Crippen molar-refractivity contribution in [3.05, 3.63) is 42.5 Å². The van der Waals surface area contributed by atoms with E-state index >= 15 is 0 Å². The maximum atomic E-state index is 12.8. The maximum Gasteiger partial charge on any atom is 0.328 e. The zero-order valence-electron chi connectivity index (χ0n) is 15.5. The van der Waals surface area contributed by atoms with Crippen molar-refractivity contribution >= 4 is 28.3 Å². The Balaban J connectivity index is 1.71. The standard InChI is InChI=1S/C21H26N2O3/c1-3-26-21(25)19-10-6-7-13-23(19)20(24)15-22(2)18-12-11-16-8-4-5-9-17(16)14-18/h4-5,8-9,11-12,14,19H,3,6-7,10,13,15H2,1-2H3/t19-/m1/s1. The van der Waals surface area contributed by atoms with Gasteiger partial charge < -0.3 is 14.5 Å². The number of likely N-dealkylation sites (tertiary alicyclic amines) is 1. The van der Waals surface area contributed by atoms with Crippen LogP contribution in [0.25, 0.3) is 10.8 Å². The van der Waals surface area contributed by atoms with Crippen molar-refractivity contribution in [1.29, 1.82) is 0 Å². The van der Waals surface area contributed by atoms with Gasteiger partial charge in [-0.15, -0.1) is 0 Å². The average Bonchev–Trinajstić information content (AvgIpc) is 2.67. The summed E-state index contributed by atoms with van der Waals surface area (Å²) in [6.07, 6.45) is 2.57. The van der Waals surface area contributed by atoms with Gasteiger partial charge in [-0.2, -0.15) is 0 Å². The monoisotopic (exact) mass is 354 g/mol. The van der Waals surface area contributed by atoms with Gasteiger partial charge in [0.1, 0.15) is 6.04 Å². The van der Waals surface area contributed by atoms with Crippen LogP contribution >= 0.6 is 0 Å². The zero-order valence-corrected chi connectivity index (χ0v) is 15.5. The molecule has 1 aliphatic heterocycles. The molecule has 3 rings (SSSR count). The molecule has 1 saturated heterocycles. The van der Waals surface area contributed by atoms with Gasteiger partial charge in [-0.05, 0) is 49.1 Å². The van der Waals surface area contributed by atoms with Gasteiger partial charge in [0.25, 0.3) is 0 Å². The first-order valence-electron chi connectivity index (χ1n) is 9.26. The Morgan fingerprint density at radius 1 is 1.15 bits per heavy atom. The molecule has 0 spiro atoms. The Morgan fingerprint density at radius 3 is 2.69 bits per heavy atom. The topological polar surface area (TPSA) is 49.9 Å². The minimum atomic E-state index is -0.443. The van der Waals surface area contributed by atoms with Gasteiger partial charge in [0, 0.05) is 19.3 Å². The highest BCUT2D eigenvalue weighted by Gasteiger charge is 2.33. The van der Waals surface area contributed by atoms with Crippen molar-refractivity contribution in [3.63, 3.8) is 0 Å². The highest BCUT2D eigenvalue weighted by atomic mass is 16.5. The van der Waals surface area contributed by atoms with Gasteiger partial charge in [-0.25, -0.2) is 4.79 Å². The molecule has 2 aromatic carbocycles. The molecule has 0 aromatic heterocycles. The fourth-order valence-corrected chi connectivity index (χ4v) is 3.51. The molecule has 0 unspecified atom stereocenters. The van der Waals surface area contributed by atoms with Gasteiger partial charge in [0.15, 0.2) is 0 Å². The summed E-state index contributed by atoms with van der Waals surface area (Å²) in [5.74, 6) is -0.313. The van der Waals surface area contributed by atoms with Gasteiger partial charge >= 0.3 is 5.97 Å². The van der Waals surface area contributed by atoms with Gasteiger partial charge in [0.05, 0.1) is 13.2 Å². The summed E-state index contributed by atoms with van der Waals surface area (Å²) in [6, 6.07) is 13.9. The van der Waals surface area contributed by atoms with Crippen LogP contribution in [0.1, 0.15) is 26.2 Å². The van der Waals surface area contributed by atoms with Crippen LogP contribution in [-0.2, 0) is 14.3 Å². The van der Waals surface area contributed by atoms with Crippen LogP contribution < -0.4 is 4.90 Å². The maximum absolute atomic E-state index is 12.8. The van der Waals surface area contributed by atoms with E-state index in [1.54, 1.807) is 11.8 Å². The summed E-state index contributed by atoms with van der Waals surface area (Å²) >= 11 is 0. The SMILES string of the molecule is CCOC(=O)[C@H]1CCCCN1C(=O)CN(C)c1ccc2ccccc2c1. The molecule has 0 aliphatic carbocycles. The number of hydrogen-bond donors (Lipinski definition) is 0. The van der Waals surface area contributed by atoms with Crippen molar-refractivity contribution in [1.82, 2.24) is 4.90 Å². The van der Waals surface area contributed by atoms with Gasteiger partial charge in [0.2, 0.25) is 5.91 Å². The van der Waals surface area contributed by atoms with Crippen LogP contribution in [0.5, 0.6) is 0 Å². The summed E-state index contributed by atoms with van der Waals surface area (Å²) in [4.78, 5) is 28.7. The molecule has 1 atom stereocenters. The number of piperidine rings is 1. The minimum absolute atomic E-state index is 0.0292. The number of benzene rings is 2. The van der Waals surface area contributed by atoms with Gasteiger partial charge in [-0.1, -0.05) is 30.3 Å². The number of carbonyl (C=O) groups is 2. The molecule has 0 radical (unpaired) electrons. The van der Waals surface area contributed by atoms with Crippen molar-refractivity contribution in [2.75, 3.05) is 31.6 Å². The number of fused-ring (bicyclic) bond motifs is 1. The molecule has 1 aliphatic rings. The lowest BCUT2D eigenvalue weighted by molar-refractivity contribution is -0.156. The number of ether oxygens (including phenoxy) is 1. The van der Waals surface area contributed by atoms with E-state index in [4.69, 9.17) is 4.74 Å². The predicted molar refractivity (Wildman–Crippen MR) is 103 cm³/mol. The average molecular weight is 354 g/mol. The Kier molecular flexibility index (Phi) is 5.76. The van der Waals surface area contributed by atoms with Crippen LogP contribution in [-0.4, -0.2) is 49.6 Å². The highest BCUT2D eigenvalue weighted by Crippen LogP contribution is 2.23. The molecule has 0 saturated carbocycles.